The molecular formula is C19H25N3O. The van der Waals surface area contributed by atoms with Crippen LogP contribution in [0.4, 0.5) is 0 Å². The summed E-state index contributed by atoms with van der Waals surface area (Å²) in [6.45, 7) is 5.93. The van der Waals surface area contributed by atoms with E-state index in [1.165, 1.54) is 17.0 Å². The van der Waals surface area contributed by atoms with Crippen LogP contribution in [0.5, 0.6) is 0 Å². The van der Waals surface area contributed by atoms with Crippen molar-refractivity contribution in [1.29, 1.82) is 0 Å². The third kappa shape index (κ3) is 3.63. The summed E-state index contributed by atoms with van der Waals surface area (Å²) in [6, 6.07) is 6.32. The van der Waals surface area contributed by atoms with E-state index in [1.807, 2.05) is 24.3 Å². The van der Waals surface area contributed by atoms with Gasteiger partial charge in [0.1, 0.15) is 5.82 Å². The molecule has 0 saturated carbocycles. The van der Waals surface area contributed by atoms with Gasteiger partial charge in [-0.25, -0.2) is 4.98 Å². The molecule has 1 amide bonds. The summed E-state index contributed by atoms with van der Waals surface area (Å²) in [4.78, 5) is 18.8. The Labute approximate surface area is 138 Å². The Balaban J connectivity index is 1.59. The number of carbonyl (C=O) groups excluding carboxylic acids is 1. The minimum Gasteiger partial charge on any atom is -0.345 e. The first-order valence-corrected chi connectivity index (χ1v) is 8.33. The van der Waals surface area contributed by atoms with Crippen LogP contribution in [0, 0.1) is 19.8 Å². The number of nitrogens with zero attached hydrogens (tertiary/aromatic N) is 3. The molecule has 0 aliphatic carbocycles. The van der Waals surface area contributed by atoms with Gasteiger partial charge in [-0.2, -0.15) is 0 Å². The molecular weight excluding hydrogens is 286 g/mol. The predicted molar refractivity (Wildman–Crippen MR) is 91.3 cm³/mol. The van der Waals surface area contributed by atoms with Crippen molar-refractivity contribution in [3.05, 3.63) is 53.1 Å². The maximum atomic E-state index is 12.6. The van der Waals surface area contributed by atoms with Gasteiger partial charge in [-0.3, -0.25) is 4.79 Å². The molecule has 0 fully saturated rings. The summed E-state index contributed by atoms with van der Waals surface area (Å²) in [6.07, 6.45) is 6.52. The highest BCUT2D eigenvalue weighted by atomic mass is 16.2. The highest BCUT2D eigenvalue weighted by Crippen LogP contribution is 2.20. The first kappa shape index (κ1) is 15.8. The molecule has 122 valence electrons. The lowest BCUT2D eigenvalue weighted by molar-refractivity contribution is -0.129. The van der Waals surface area contributed by atoms with E-state index in [2.05, 4.69) is 41.6 Å². The number of rotatable bonds is 4. The topological polar surface area (TPSA) is 38.1 Å². The van der Waals surface area contributed by atoms with Crippen LogP contribution in [0.2, 0.25) is 0 Å². The SMILES string of the molecule is Cc1ccc(C)c(CC(=O)N(C)CC2CCc3nccn3C2)c1. The second kappa shape index (κ2) is 6.57. The van der Waals surface area contributed by atoms with Crippen LogP contribution >= 0.6 is 0 Å². The number of hydrogen-bond donors (Lipinski definition) is 0. The lowest BCUT2D eigenvalue weighted by Gasteiger charge is -2.28. The molecule has 4 heteroatoms. The smallest absolute Gasteiger partial charge is 0.226 e. The quantitative estimate of drug-likeness (QED) is 0.871. The van der Waals surface area contributed by atoms with E-state index in [4.69, 9.17) is 0 Å². The largest absolute Gasteiger partial charge is 0.345 e. The van der Waals surface area contributed by atoms with E-state index >= 15 is 0 Å². The molecule has 1 aromatic carbocycles. The highest BCUT2D eigenvalue weighted by molar-refractivity contribution is 5.79. The molecule has 0 N–H and O–H groups in total. The van der Waals surface area contributed by atoms with E-state index in [0.29, 0.717) is 12.3 Å². The molecule has 1 aliphatic heterocycles. The van der Waals surface area contributed by atoms with E-state index in [-0.39, 0.29) is 5.91 Å². The zero-order valence-electron chi connectivity index (χ0n) is 14.2. The zero-order valence-corrected chi connectivity index (χ0v) is 14.2. The van der Waals surface area contributed by atoms with Crippen LogP contribution in [0.25, 0.3) is 0 Å². The molecule has 2 aromatic rings. The number of hydrogen-bond acceptors (Lipinski definition) is 2. The Morgan fingerprint density at radius 3 is 3.04 bits per heavy atom. The summed E-state index contributed by atoms with van der Waals surface area (Å²) in [5.41, 5.74) is 3.54. The third-order valence-corrected chi connectivity index (χ3v) is 4.84. The lowest BCUT2D eigenvalue weighted by atomic mass is 9.98. The lowest BCUT2D eigenvalue weighted by Crippen LogP contribution is -2.36. The minimum atomic E-state index is 0.204. The number of amides is 1. The van der Waals surface area contributed by atoms with Crippen LogP contribution in [0.15, 0.2) is 30.6 Å². The van der Waals surface area contributed by atoms with Crippen molar-refractivity contribution in [3.63, 3.8) is 0 Å². The summed E-state index contributed by atoms with van der Waals surface area (Å²) < 4.78 is 2.22. The van der Waals surface area contributed by atoms with Crippen molar-refractivity contribution in [1.82, 2.24) is 14.5 Å². The molecule has 0 saturated heterocycles. The Morgan fingerprint density at radius 1 is 1.39 bits per heavy atom. The van der Waals surface area contributed by atoms with Crippen molar-refractivity contribution in [2.75, 3.05) is 13.6 Å². The third-order valence-electron chi connectivity index (χ3n) is 4.84. The summed E-state index contributed by atoms with van der Waals surface area (Å²) in [5.74, 6) is 1.89. The number of benzene rings is 1. The number of aromatic nitrogens is 2. The van der Waals surface area contributed by atoms with Crippen LogP contribution in [-0.4, -0.2) is 34.0 Å². The number of fused-ring (bicyclic) bond motifs is 1. The Morgan fingerprint density at radius 2 is 2.22 bits per heavy atom. The van der Waals surface area contributed by atoms with E-state index < -0.39 is 0 Å². The number of carbonyl (C=O) groups is 1. The molecule has 1 unspecified atom stereocenters. The van der Waals surface area contributed by atoms with Gasteiger partial charge in [0.2, 0.25) is 5.91 Å². The van der Waals surface area contributed by atoms with E-state index in [1.54, 1.807) is 0 Å². The molecule has 0 spiro atoms. The molecule has 0 bridgehead atoms. The van der Waals surface area contributed by atoms with Crippen LogP contribution in [0.3, 0.4) is 0 Å². The fraction of sp³-hybridized carbons (Fsp3) is 0.474. The molecule has 2 heterocycles. The standard InChI is InChI=1S/C19H25N3O/c1-14-4-5-15(2)17(10-14)11-19(23)21(3)12-16-6-7-18-20-8-9-22(18)13-16/h4-5,8-10,16H,6-7,11-13H2,1-3H3. The number of imidazole rings is 1. The second-order valence-corrected chi connectivity index (χ2v) is 6.78. The Bertz CT molecular complexity index is 704. The van der Waals surface area contributed by atoms with Gasteiger partial charge < -0.3 is 9.47 Å². The molecule has 3 rings (SSSR count). The fourth-order valence-corrected chi connectivity index (χ4v) is 3.36. The highest BCUT2D eigenvalue weighted by Gasteiger charge is 2.22. The zero-order chi connectivity index (χ0) is 16.4. The molecule has 4 nitrogen and oxygen atoms in total. The Kier molecular flexibility index (Phi) is 4.51. The first-order chi connectivity index (χ1) is 11.0. The summed E-state index contributed by atoms with van der Waals surface area (Å²) in [7, 11) is 1.93. The predicted octanol–water partition coefficient (Wildman–Crippen LogP) is 2.76. The maximum absolute atomic E-state index is 12.6. The average molecular weight is 311 g/mol. The van der Waals surface area contributed by atoms with Crippen molar-refractivity contribution in [3.8, 4) is 0 Å². The molecule has 1 aromatic heterocycles. The van der Waals surface area contributed by atoms with E-state index in [0.717, 1.165) is 31.5 Å². The van der Waals surface area contributed by atoms with Crippen molar-refractivity contribution in [2.24, 2.45) is 5.92 Å². The number of aryl methyl sites for hydroxylation is 3. The molecule has 1 atom stereocenters. The average Bonchev–Trinajstić information content (AvgIpc) is 2.98. The van der Waals surface area contributed by atoms with Crippen molar-refractivity contribution in [2.45, 2.75) is 39.7 Å². The maximum Gasteiger partial charge on any atom is 0.226 e. The van der Waals surface area contributed by atoms with E-state index in [9.17, 15) is 4.79 Å². The molecule has 1 aliphatic rings. The van der Waals surface area contributed by atoms with Gasteiger partial charge >= 0.3 is 0 Å². The fourth-order valence-electron chi connectivity index (χ4n) is 3.36. The molecule has 23 heavy (non-hydrogen) atoms. The summed E-state index contributed by atoms with van der Waals surface area (Å²) in [5, 5.41) is 0. The van der Waals surface area contributed by atoms with Gasteiger partial charge in [-0.15, -0.1) is 0 Å². The number of likely N-dealkylation sites (N-methyl/N-ethyl adjacent to an activating group) is 1. The Hall–Kier alpha value is -2.10. The van der Waals surface area contributed by atoms with Gasteiger partial charge in [0, 0.05) is 39.0 Å². The second-order valence-electron chi connectivity index (χ2n) is 6.78. The van der Waals surface area contributed by atoms with Gasteiger partial charge in [0.25, 0.3) is 0 Å². The van der Waals surface area contributed by atoms with Crippen LogP contribution in [0.1, 0.15) is 28.9 Å². The normalized spacial score (nSPS) is 16.9. The molecule has 0 radical (unpaired) electrons. The van der Waals surface area contributed by atoms with Crippen LogP contribution < -0.4 is 0 Å². The van der Waals surface area contributed by atoms with Gasteiger partial charge in [0.15, 0.2) is 0 Å². The van der Waals surface area contributed by atoms with Gasteiger partial charge in [-0.1, -0.05) is 23.8 Å². The van der Waals surface area contributed by atoms with Crippen molar-refractivity contribution < 1.29 is 4.79 Å². The van der Waals surface area contributed by atoms with Crippen molar-refractivity contribution >= 4 is 5.91 Å². The monoisotopic (exact) mass is 311 g/mol. The minimum absolute atomic E-state index is 0.204. The van der Waals surface area contributed by atoms with Gasteiger partial charge in [0.05, 0.1) is 6.42 Å². The van der Waals surface area contributed by atoms with Crippen LogP contribution in [-0.2, 0) is 24.2 Å². The first-order valence-electron chi connectivity index (χ1n) is 8.33. The summed E-state index contributed by atoms with van der Waals surface area (Å²) >= 11 is 0. The van der Waals surface area contributed by atoms with Gasteiger partial charge in [-0.05, 0) is 37.3 Å².